The van der Waals surface area contributed by atoms with E-state index in [-0.39, 0.29) is 28.8 Å². The van der Waals surface area contributed by atoms with Gasteiger partial charge in [0.1, 0.15) is 5.69 Å². The van der Waals surface area contributed by atoms with Crippen LogP contribution in [0.25, 0.3) is 0 Å². The van der Waals surface area contributed by atoms with Crippen molar-refractivity contribution in [1.82, 2.24) is 5.32 Å². The maximum Gasteiger partial charge on any atom is 0.293 e. The Morgan fingerprint density at radius 3 is 2.62 bits per heavy atom. The number of hydrogen-bond acceptors (Lipinski definition) is 6. The molecule has 2 aliphatic rings. The standard InChI is InChI=1S/C15H19N3O5S/c1-15(6-7-24(22,23)9-15)17-14(19)10-2-5-12(16-11-3-4-11)13(8-10)18(20)21/h2,5,8,11,16H,3-4,6-7,9H2,1H3,(H,17,19). The highest BCUT2D eigenvalue weighted by Gasteiger charge is 2.39. The molecule has 24 heavy (non-hydrogen) atoms. The van der Waals surface area contributed by atoms with Crippen molar-refractivity contribution >= 4 is 27.1 Å². The van der Waals surface area contributed by atoms with E-state index in [1.54, 1.807) is 6.92 Å². The van der Waals surface area contributed by atoms with Crippen LogP contribution in [-0.4, -0.2) is 42.3 Å². The van der Waals surface area contributed by atoms with Gasteiger partial charge in [0, 0.05) is 17.7 Å². The van der Waals surface area contributed by atoms with Gasteiger partial charge in [-0.1, -0.05) is 0 Å². The third-order valence-corrected chi connectivity index (χ3v) is 6.22. The normalized spacial score (nSPS) is 25.2. The molecule has 1 amide bonds. The zero-order valence-electron chi connectivity index (χ0n) is 13.2. The Labute approximate surface area is 139 Å². The van der Waals surface area contributed by atoms with E-state index >= 15 is 0 Å². The summed E-state index contributed by atoms with van der Waals surface area (Å²) in [6.07, 6.45) is 2.29. The van der Waals surface area contributed by atoms with Crippen molar-refractivity contribution in [1.29, 1.82) is 0 Å². The van der Waals surface area contributed by atoms with Gasteiger partial charge in [-0.05, 0) is 38.3 Å². The Bertz CT molecular complexity index is 803. The van der Waals surface area contributed by atoms with Crippen LogP contribution in [-0.2, 0) is 9.84 Å². The van der Waals surface area contributed by atoms with Crippen LogP contribution in [0.1, 0.15) is 36.5 Å². The first-order valence-electron chi connectivity index (χ1n) is 7.75. The first kappa shape index (κ1) is 16.7. The lowest BCUT2D eigenvalue weighted by atomic mass is 10.0. The van der Waals surface area contributed by atoms with E-state index in [0.717, 1.165) is 12.8 Å². The lowest BCUT2D eigenvalue weighted by molar-refractivity contribution is -0.384. The Morgan fingerprint density at radius 2 is 2.08 bits per heavy atom. The van der Waals surface area contributed by atoms with Crippen LogP contribution in [0.5, 0.6) is 0 Å². The Kier molecular flexibility index (Phi) is 3.98. The third-order valence-electron chi connectivity index (χ3n) is 4.31. The maximum absolute atomic E-state index is 12.4. The number of benzene rings is 1. The highest BCUT2D eigenvalue weighted by Crippen LogP contribution is 2.32. The zero-order chi connectivity index (χ0) is 17.5. The number of nitro groups is 1. The minimum Gasteiger partial charge on any atom is -0.377 e. The van der Waals surface area contributed by atoms with E-state index in [1.165, 1.54) is 18.2 Å². The number of nitrogens with one attached hydrogen (secondary N) is 2. The Balaban J connectivity index is 1.79. The van der Waals surface area contributed by atoms with E-state index < -0.39 is 26.2 Å². The molecule has 9 heteroatoms. The first-order chi connectivity index (χ1) is 11.2. The fraction of sp³-hybridized carbons (Fsp3) is 0.533. The molecule has 1 aliphatic carbocycles. The second-order valence-corrected chi connectivity index (χ2v) is 8.95. The Hall–Kier alpha value is -2.16. The topological polar surface area (TPSA) is 118 Å². The van der Waals surface area contributed by atoms with E-state index in [0.29, 0.717) is 12.1 Å². The highest BCUT2D eigenvalue weighted by atomic mass is 32.2. The molecule has 8 nitrogen and oxygen atoms in total. The summed E-state index contributed by atoms with van der Waals surface area (Å²) < 4.78 is 23.2. The van der Waals surface area contributed by atoms with Gasteiger partial charge in [-0.15, -0.1) is 0 Å². The zero-order valence-corrected chi connectivity index (χ0v) is 14.1. The van der Waals surface area contributed by atoms with Crippen LogP contribution in [0, 0.1) is 10.1 Å². The molecule has 0 spiro atoms. The molecule has 1 atom stereocenters. The quantitative estimate of drug-likeness (QED) is 0.611. The van der Waals surface area contributed by atoms with Gasteiger partial charge in [-0.3, -0.25) is 14.9 Å². The number of hydrogen-bond donors (Lipinski definition) is 2. The van der Waals surface area contributed by atoms with Gasteiger partial charge in [0.05, 0.1) is 22.0 Å². The largest absolute Gasteiger partial charge is 0.377 e. The minimum atomic E-state index is -3.15. The summed E-state index contributed by atoms with van der Waals surface area (Å²) in [6.45, 7) is 1.67. The van der Waals surface area contributed by atoms with Crippen LogP contribution < -0.4 is 10.6 Å². The lowest BCUT2D eigenvalue weighted by Gasteiger charge is -2.23. The molecule has 3 rings (SSSR count). The van der Waals surface area contributed by atoms with Crippen LogP contribution in [0.3, 0.4) is 0 Å². The second kappa shape index (κ2) is 5.73. The minimum absolute atomic E-state index is 0.0359. The molecule has 0 aromatic heterocycles. The number of carbonyl (C=O) groups excluding carboxylic acids is 1. The van der Waals surface area contributed by atoms with Crippen molar-refractivity contribution in [2.75, 3.05) is 16.8 Å². The summed E-state index contributed by atoms with van der Waals surface area (Å²) in [6, 6.07) is 4.53. The molecule has 1 saturated carbocycles. The molecular formula is C15H19N3O5S. The molecule has 2 fully saturated rings. The van der Waals surface area contributed by atoms with Crippen molar-refractivity contribution in [3.05, 3.63) is 33.9 Å². The summed E-state index contributed by atoms with van der Waals surface area (Å²) in [5, 5.41) is 17.0. The summed E-state index contributed by atoms with van der Waals surface area (Å²) in [7, 11) is -3.15. The molecule has 1 heterocycles. The predicted octanol–water partition coefficient (Wildman–Crippen LogP) is 1.48. The fourth-order valence-electron chi connectivity index (χ4n) is 2.85. The van der Waals surface area contributed by atoms with Gasteiger partial charge in [-0.25, -0.2) is 8.42 Å². The average molecular weight is 353 g/mol. The lowest BCUT2D eigenvalue weighted by Crippen LogP contribution is -2.46. The van der Waals surface area contributed by atoms with Gasteiger partial charge in [0.2, 0.25) is 0 Å². The van der Waals surface area contributed by atoms with Crippen LogP contribution in [0.4, 0.5) is 11.4 Å². The SMILES string of the molecule is CC1(NC(=O)c2ccc(NC3CC3)c([N+](=O)[O-])c2)CCS(=O)(=O)C1. The number of carbonyl (C=O) groups is 1. The second-order valence-electron chi connectivity index (χ2n) is 6.76. The van der Waals surface area contributed by atoms with E-state index in [1.807, 2.05) is 0 Å². The number of anilines is 1. The number of nitro benzene ring substituents is 1. The molecule has 1 aromatic rings. The number of amides is 1. The van der Waals surface area contributed by atoms with Gasteiger partial charge >= 0.3 is 0 Å². The molecular weight excluding hydrogens is 334 g/mol. The van der Waals surface area contributed by atoms with Crippen molar-refractivity contribution in [3.63, 3.8) is 0 Å². The third kappa shape index (κ3) is 3.66. The summed E-state index contributed by atoms with van der Waals surface area (Å²) in [4.78, 5) is 23.1. The molecule has 0 radical (unpaired) electrons. The summed E-state index contributed by atoms with van der Waals surface area (Å²) in [5.41, 5.74) is -0.448. The molecule has 1 aromatic carbocycles. The van der Waals surface area contributed by atoms with E-state index in [2.05, 4.69) is 10.6 Å². The molecule has 2 N–H and O–H groups in total. The van der Waals surface area contributed by atoms with Crippen molar-refractivity contribution in [2.45, 2.75) is 37.8 Å². The highest BCUT2D eigenvalue weighted by molar-refractivity contribution is 7.91. The number of sulfone groups is 1. The van der Waals surface area contributed by atoms with E-state index in [4.69, 9.17) is 0 Å². The fourth-order valence-corrected chi connectivity index (χ4v) is 4.94. The molecule has 1 saturated heterocycles. The van der Waals surface area contributed by atoms with Crippen LogP contribution in [0.2, 0.25) is 0 Å². The summed E-state index contributed by atoms with van der Waals surface area (Å²) >= 11 is 0. The molecule has 130 valence electrons. The molecule has 0 bridgehead atoms. The van der Waals surface area contributed by atoms with Gasteiger partial charge < -0.3 is 10.6 Å². The summed E-state index contributed by atoms with van der Waals surface area (Å²) in [5.74, 6) is -0.584. The van der Waals surface area contributed by atoms with Crippen molar-refractivity contribution < 1.29 is 18.1 Å². The first-order valence-corrected chi connectivity index (χ1v) is 9.58. The van der Waals surface area contributed by atoms with Gasteiger partial charge in [0.25, 0.3) is 11.6 Å². The average Bonchev–Trinajstić information content (AvgIpc) is 3.24. The molecule has 1 aliphatic heterocycles. The van der Waals surface area contributed by atoms with Gasteiger partial charge in [-0.2, -0.15) is 0 Å². The van der Waals surface area contributed by atoms with E-state index in [9.17, 15) is 23.3 Å². The smallest absolute Gasteiger partial charge is 0.293 e. The number of nitrogens with zero attached hydrogens (tertiary/aromatic N) is 1. The Morgan fingerprint density at radius 1 is 1.38 bits per heavy atom. The van der Waals surface area contributed by atoms with Crippen molar-refractivity contribution in [2.24, 2.45) is 0 Å². The number of rotatable bonds is 5. The van der Waals surface area contributed by atoms with Gasteiger partial charge in [0.15, 0.2) is 9.84 Å². The molecule has 1 unspecified atom stereocenters. The van der Waals surface area contributed by atoms with Crippen LogP contribution in [0.15, 0.2) is 18.2 Å². The van der Waals surface area contributed by atoms with Crippen molar-refractivity contribution in [3.8, 4) is 0 Å². The monoisotopic (exact) mass is 353 g/mol. The van der Waals surface area contributed by atoms with Crippen LogP contribution >= 0.6 is 0 Å². The maximum atomic E-state index is 12.4. The predicted molar refractivity (Wildman–Crippen MR) is 88.9 cm³/mol.